The summed E-state index contributed by atoms with van der Waals surface area (Å²) in [5.74, 6) is 2.24. The van der Waals surface area contributed by atoms with E-state index in [1.807, 2.05) is 12.1 Å². The second-order valence-corrected chi connectivity index (χ2v) is 3.59. The van der Waals surface area contributed by atoms with Crippen molar-refractivity contribution in [3.63, 3.8) is 0 Å². The molecule has 14 heavy (non-hydrogen) atoms. The fourth-order valence-electron chi connectivity index (χ4n) is 1.69. The maximum Gasteiger partial charge on any atom is 0.126 e. The molecule has 1 aromatic rings. The average Bonchev–Trinajstić information content (AvgIpc) is 2.27. The van der Waals surface area contributed by atoms with Gasteiger partial charge in [0.2, 0.25) is 0 Å². The number of nitrogens with two attached hydrogens (primary N) is 1. The Hall–Kier alpha value is -1.22. The predicted octanol–water partition coefficient (Wildman–Crippen LogP) is 1.20. The predicted molar refractivity (Wildman–Crippen MR) is 54.7 cm³/mol. The minimum atomic E-state index is 0.455. The summed E-state index contributed by atoms with van der Waals surface area (Å²) >= 11 is 0. The van der Waals surface area contributed by atoms with Gasteiger partial charge in [-0.1, -0.05) is 6.07 Å². The molecule has 1 atom stereocenters. The van der Waals surface area contributed by atoms with Crippen LogP contribution in [-0.4, -0.2) is 20.3 Å². The number of methoxy groups -OCH3 is 1. The Balaban J connectivity index is 2.23. The van der Waals surface area contributed by atoms with Crippen LogP contribution in [0.3, 0.4) is 0 Å². The van der Waals surface area contributed by atoms with E-state index in [9.17, 15) is 0 Å². The quantitative estimate of drug-likeness (QED) is 0.767. The van der Waals surface area contributed by atoms with E-state index in [4.69, 9.17) is 15.2 Å². The van der Waals surface area contributed by atoms with Gasteiger partial charge in [0.15, 0.2) is 0 Å². The molecule has 1 heterocycles. The van der Waals surface area contributed by atoms with Crippen LogP contribution in [0, 0.1) is 5.92 Å². The van der Waals surface area contributed by atoms with Gasteiger partial charge in [0, 0.05) is 12.0 Å². The first-order chi connectivity index (χ1) is 6.83. The lowest BCUT2D eigenvalue weighted by Crippen LogP contribution is -2.27. The third-order valence-corrected chi connectivity index (χ3v) is 2.59. The monoisotopic (exact) mass is 193 g/mol. The van der Waals surface area contributed by atoms with Crippen LogP contribution in [-0.2, 0) is 6.42 Å². The van der Waals surface area contributed by atoms with Gasteiger partial charge in [-0.2, -0.15) is 0 Å². The van der Waals surface area contributed by atoms with Crippen molar-refractivity contribution in [1.29, 1.82) is 0 Å². The Morgan fingerprint density at radius 3 is 3.14 bits per heavy atom. The van der Waals surface area contributed by atoms with E-state index in [1.165, 1.54) is 5.56 Å². The Kier molecular flexibility index (Phi) is 2.59. The highest BCUT2D eigenvalue weighted by molar-refractivity contribution is 5.42. The molecular formula is C11H15NO2. The third-order valence-electron chi connectivity index (χ3n) is 2.59. The largest absolute Gasteiger partial charge is 0.497 e. The zero-order chi connectivity index (χ0) is 9.97. The molecule has 0 amide bonds. The highest BCUT2D eigenvalue weighted by atomic mass is 16.5. The molecule has 2 rings (SSSR count). The van der Waals surface area contributed by atoms with E-state index < -0.39 is 0 Å². The number of ether oxygens (including phenoxy) is 2. The number of hydrogen-bond donors (Lipinski definition) is 1. The van der Waals surface area contributed by atoms with Gasteiger partial charge < -0.3 is 15.2 Å². The lowest BCUT2D eigenvalue weighted by atomic mass is 9.97. The highest BCUT2D eigenvalue weighted by Crippen LogP contribution is 2.30. The van der Waals surface area contributed by atoms with Gasteiger partial charge in [-0.25, -0.2) is 0 Å². The van der Waals surface area contributed by atoms with Crippen molar-refractivity contribution >= 4 is 0 Å². The van der Waals surface area contributed by atoms with E-state index in [0.717, 1.165) is 24.5 Å². The SMILES string of the molecule is COc1ccc2c(c1)OC[C@H](CN)C2. The molecule has 76 valence electrons. The highest BCUT2D eigenvalue weighted by Gasteiger charge is 2.18. The van der Waals surface area contributed by atoms with E-state index in [-0.39, 0.29) is 0 Å². The molecule has 0 unspecified atom stereocenters. The zero-order valence-corrected chi connectivity index (χ0v) is 8.32. The summed E-state index contributed by atoms with van der Waals surface area (Å²) in [6.07, 6.45) is 1.01. The Bertz CT molecular complexity index is 325. The first-order valence-electron chi connectivity index (χ1n) is 4.83. The Labute approximate surface area is 83.8 Å². The molecule has 0 spiro atoms. The summed E-state index contributed by atoms with van der Waals surface area (Å²) in [7, 11) is 1.66. The van der Waals surface area contributed by atoms with Gasteiger partial charge in [-0.15, -0.1) is 0 Å². The molecule has 1 aliphatic rings. The molecule has 0 radical (unpaired) electrons. The Morgan fingerprint density at radius 1 is 1.57 bits per heavy atom. The lowest BCUT2D eigenvalue weighted by molar-refractivity contribution is 0.225. The molecule has 2 N–H and O–H groups in total. The second-order valence-electron chi connectivity index (χ2n) is 3.59. The molecule has 0 saturated carbocycles. The molecular weight excluding hydrogens is 178 g/mol. The fourth-order valence-corrected chi connectivity index (χ4v) is 1.69. The first kappa shape index (κ1) is 9.34. The fraction of sp³-hybridized carbons (Fsp3) is 0.455. The van der Waals surface area contributed by atoms with Crippen LogP contribution >= 0.6 is 0 Å². The number of rotatable bonds is 2. The summed E-state index contributed by atoms with van der Waals surface area (Å²) < 4.78 is 10.7. The van der Waals surface area contributed by atoms with Gasteiger partial charge in [0.05, 0.1) is 13.7 Å². The van der Waals surface area contributed by atoms with Crippen LogP contribution < -0.4 is 15.2 Å². The number of hydrogen-bond acceptors (Lipinski definition) is 3. The van der Waals surface area contributed by atoms with Crippen LogP contribution in [0.4, 0.5) is 0 Å². The molecule has 3 heteroatoms. The number of benzene rings is 1. The molecule has 0 aromatic heterocycles. The van der Waals surface area contributed by atoms with Crippen LogP contribution in [0.2, 0.25) is 0 Å². The normalized spacial score (nSPS) is 19.7. The zero-order valence-electron chi connectivity index (χ0n) is 8.32. The van der Waals surface area contributed by atoms with Gasteiger partial charge in [-0.3, -0.25) is 0 Å². The van der Waals surface area contributed by atoms with E-state index in [2.05, 4.69) is 6.07 Å². The standard InChI is InChI=1S/C11H15NO2/c1-13-10-3-2-9-4-8(6-12)7-14-11(9)5-10/h2-3,5,8H,4,6-7,12H2,1H3/t8-/m0/s1. The van der Waals surface area contributed by atoms with Gasteiger partial charge in [0.25, 0.3) is 0 Å². The summed E-state index contributed by atoms with van der Waals surface area (Å²) in [6, 6.07) is 5.94. The molecule has 0 saturated heterocycles. The van der Waals surface area contributed by atoms with Crippen molar-refractivity contribution in [1.82, 2.24) is 0 Å². The van der Waals surface area contributed by atoms with Crippen molar-refractivity contribution < 1.29 is 9.47 Å². The topological polar surface area (TPSA) is 44.5 Å². The molecule has 0 fully saturated rings. The second kappa shape index (κ2) is 3.88. The average molecular weight is 193 g/mol. The van der Waals surface area contributed by atoms with Crippen LogP contribution in [0.5, 0.6) is 11.5 Å². The minimum absolute atomic E-state index is 0.455. The van der Waals surface area contributed by atoms with Crippen molar-refractivity contribution in [3.05, 3.63) is 23.8 Å². The lowest BCUT2D eigenvalue weighted by Gasteiger charge is -2.24. The van der Waals surface area contributed by atoms with Crippen molar-refractivity contribution in [2.24, 2.45) is 11.7 Å². The molecule has 1 aromatic carbocycles. The first-order valence-corrected chi connectivity index (χ1v) is 4.83. The third kappa shape index (κ3) is 1.68. The van der Waals surface area contributed by atoms with Gasteiger partial charge in [-0.05, 0) is 24.6 Å². The Morgan fingerprint density at radius 2 is 2.43 bits per heavy atom. The number of fused-ring (bicyclic) bond motifs is 1. The maximum atomic E-state index is 5.61. The molecule has 1 aliphatic heterocycles. The molecule has 0 bridgehead atoms. The van der Waals surface area contributed by atoms with Crippen molar-refractivity contribution in [3.8, 4) is 11.5 Å². The summed E-state index contributed by atoms with van der Waals surface area (Å²) in [6.45, 7) is 1.40. The van der Waals surface area contributed by atoms with Gasteiger partial charge >= 0.3 is 0 Å². The van der Waals surface area contributed by atoms with Crippen molar-refractivity contribution in [2.75, 3.05) is 20.3 Å². The van der Waals surface area contributed by atoms with Crippen LogP contribution in [0.1, 0.15) is 5.56 Å². The van der Waals surface area contributed by atoms with Crippen LogP contribution in [0.15, 0.2) is 18.2 Å². The van der Waals surface area contributed by atoms with Crippen LogP contribution in [0.25, 0.3) is 0 Å². The van der Waals surface area contributed by atoms with Gasteiger partial charge in [0.1, 0.15) is 11.5 Å². The molecule has 0 aliphatic carbocycles. The van der Waals surface area contributed by atoms with E-state index in [1.54, 1.807) is 7.11 Å². The van der Waals surface area contributed by atoms with E-state index >= 15 is 0 Å². The summed E-state index contributed by atoms with van der Waals surface area (Å²) in [5, 5.41) is 0. The maximum absolute atomic E-state index is 5.61. The minimum Gasteiger partial charge on any atom is -0.497 e. The summed E-state index contributed by atoms with van der Waals surface area (Å²) in [5.41, 5.74) is 6.84. The smallest absolute Gasteiger partial charge is 0.126 e. The van der Waals surface area contributed by atoms with E-state index in [0.29, 0.717) is 12.5 Å². The van der Waals surface area contributed by atoms with Crippen molar-refractivity contribution in [2.45, 2.75) is 6.42 Å². The summed E-state index contributed by atoms with van der Waals surface area (Å²) in [4.78, 5) is 0. The molecule has 3 nitrogen and oxygen atoms in total.